The molecule has 1 fully saturated rings. The van der Waals surface area contributed by atoms with E-state index in [1.54, 1.807) is 6.92 Å². The number of aryl methyl sites for hydroxylation is 1. The molecule has 6 heteroatoms. The smallest absolute Gasteiger partial charge is 0.315 e. The molecule has 2 heterocycles. The Morgan fingerprint density at radius 3 is 2.56 bits per heavy atom. The molecule has 134 valence electrons. The van der Waals surface area contributed by atoms with Gasteiger partial charge < -0.3 is 20.0 Å². The van der Waals surface area contributed by atoms with Crippen LogP contribution in [0, 0.1) is 6.92 Å². The second-order valence-electron chi connectivity index (χ2n) is 6.71. The number of hydrogen-bond acceptors (Lipinski definition) is 3. The van der Waals surface area contributed by atoms with E-state index in [0.29, 0.717) is 13.1 Å². The minimum absolute atomic E-state index is 0.0943. The molecule has 1 aliphatic rings. The first kappa shape index (κ1) is 17.3. The lowest BCUT2D eigenvalue weighted by Gasteiger charge is -2.31. The van der Waals surface area contributed by atoms with Crippen LogP contribution in [0.5, 0.6) is 0 Å². The van der Waals surface area contributed by atoms with Crippen molar-refractivity contribution in [3.05, 3.63) is 35.6 Å². The van der Waals surface area contributed by atoms with E-state index in [0.717, 1.165) is 35.1 Å². The number of amides is 3. The van der Waals surface area contributed by atoms with E-state index in [1.807, 2.05) is 43.0 Å². The molecule has 25 heavy (non-hydrogen) atoms. The lowest BCUT2D eigenvalue weighted by atomic mass is 10.1. The Hall–Kier alpha value is -2.50. The van der Waals surface area contributed by atoms with Gasteiger partial charge >= 0.3 is 6.03 Å². The molecule has 1 atom stereocenters. The van der Waals surface area contributed by atoms with Gasteiger partial charge in [-0.3, -0.25) is 4.79 Å². The number of rotatable bonds is 3. The predicted molar refractivity (Wildman–Crippen MR) is 96.3 cm³/mol. The van der Waals surface area contributed by atoms with Crippen molar-refractivity contribution in [2.45, 2.75) is 45.7 Å². The molecular weight excluding hydrogens is 318 g/mol. The molecule has 1 aliphatic heterocycles. The molecule has 3 rings (SSSR count). The number of hydrogen-bond donors (Lipinski definition) is 2. The van der Waals surface area contributed by atoms with Gasteiger partial charge in [0.2, 0.25) is 5.91 Å². The van der Waals surface area contributed by atoms with Crippen LogP contribution in [0.4, 0.5) is 4.79 Å². The van der Waals surface area contributed by atoms with Gasteiger partial charge in [0, 0.05) is 37.0 Å². The Labute approximate surface area is 147 Å². The van der Waals surface area contributed by atoms with E-state index in [-0.39, 0.29) is 24.0 Å². The molecule has 0 aliphatic carbocycles. The monoisotopic (exact) mass is 343 g/mol. The topological polar surface area (TPSA) is 74.6 Å². The maximum Gasteiger partial charge on any atom is 0.315 e. The summed E-state index contributed by atoms with van der Waals surface area (Å²) in [5, 5.41) is 7.03. The fraction of sp³-hybridized carbons (Fsp3) is 0.474. The molecule has 0 radical (unpaired) electrons. The molecule has 2 aromatic rings. The number of carbonyl (C=O) groups is 2. The van der Waals surface area contributed by atoms with E-state index in [2.05, 4.69) is 10.6 Å². The Balaban J connectivity index is 1.57. The van der Waals surface area contributed by atoms with Crippen molar-refractivity contribution in [1.82, 2.24) is 15.5 Å². The largest absolute Gasteiger partial charge is 0.459 e. The molecule has 0 bridgehead atoms. The van der Waals surface area contributed by atoms with Gasteiger partial charge in [0.1, 0.15) is 11.3 Å². The summed E-state index contributed by atoms with van der Waals surface area (Å²) < 4.78 is 5.91. The fourth-order valence-electron chi connectivity index (χ4n) is 3.43. The summed E-state index contributed by atoms with van der Waals surface area (Å²) >= 11 is 0. The quantitative estimate of drug-likeness (QED) is 0.899. The van der Waals surface area contributed by atoms with Gasteiger partial charge in [0.05, 0.1) is 6.04 Å². The first-order valence-corrected chi connectivity index (χ1v) is 8.76. The number of urea groups is 1. The highest BCUT2D eigenvalue weighted by atomic mass is 16.3. The Morgan fingerprint density at radius 1 is 1.24 bits per heavy atom. The number of para-hydroxylation sites is 1. The number of benzene rings is 1. The van der Waals surface area contributed by atoms with E-state index < -0.39 is 0 Å². The highest BCUT2D eigenvalue weighted by Gasteiger charge is 2.23. The zero-order valence-corrected chi connectivity index (χ0v) is 15.0. The summed E-state index contributed by atoms with van der Waals surface area (Å²) in [5.41, 5.74) is 1.89. The van der Waals surface area contributed by atoms with Gasteiger partial charge in [0.15, 0.2) is 0 Å². The summed E-state index contributed by atoms with van der Waals surface area (Å²) in [6.07, 6.45) is 1.57. The molecule has 6 nitrogen and oxygen atoms in total. The lowest BCUT2D eigenvalue weighted by Crippen LogP contribution is -2.49. The predicted octanol–water partition coefficient (Wildman–Crippen LogP) is 3.11. The summed E-state index contributed by atoms with van der Waals surface area (Å²) in [4.78, 5) is 25.5. The molecule has 0 spiro atoms. The number of furan rings is 1. The minimum atomic E-state index is -0.218. The van der Waals surface area contributed by atoms with Crippen LogP contribution in [0.25, 0.3) is 11.0 Å². The van der Waals surface area contributed by atoms with Crippen LogP contribution in [0.15, 0.2) is 28.7 Å². The second kappa shape index (κ2) is 7.17. The van der Waals surface area contributed by atoms with Gasteiger partial charge in [-0.25, -0.2) is 4.79 Å². The van der Waals surface area contributed by atoms with Crippen molar-refractivity contribution in [2.75, 3.05) is 13.1 Å². The van der Waals surface area contributed by atoms with Crippen LogP contribution in [0.3, 0.4) is 0 Å². The number of likely N-dealkylation sites (tertiary alicyclic amines) is 1. The summed E-state index contributed by atoms with van der Waals surface area (Å²) in [7, 11) is 0. The number of fused-ring (bicyclic) bond motifs is 1. The van der Waals surface area contributed by atoms with Crippen LogP contribution in [0.2, 0.25) is 0 Å². The number of nitrogens with one attached hydrogen (secondary N) is 2. The Morgan fingerprint density at radius 2 is 1.92 bits per heavy atom. The first-order valence-electron chi connectivity index (χ1n) is 8.76. The van der Waals surface area contributed by atoms with E-state index >= 15 is 0 Å². The molecule has 1 saturated heterocycles. The minimum Gasteiger partial charge on any atom is -0.459 e. The van der Waals surface area contributed by atoms with Gasteiger partial charge in [-0.1, -0.05) is 18.2 Å². The van der Waals surface area contributed by atoms with Gasteiger partial charge in [-0.15, -0.1) is 0 Å². The lowest BCUT2D eigenvalue weighted by molar-refractivity contribution is -0.129. The number of piperidine rings is 1. The van der Waals surface area contributed by atoms with Crippen LogP contribution in [-0.2, 0) is 4.79 Å². The van der Waals surface area contributed by atoms with E-state index in [9.17, 15) is 9.59 Å². The molecule has 2 N–H and O–H groups in total. The van der Waals surface area contributed by atoms with Crippen molar-refractivity contribution in [3.63, 3.8) is 0 Å². The molecule has 0 unspecified atom stereocenters. The molecule has 0 saturated carbocycles. The third kappa shape index (κ3) is 3.78. The number of carbonyl (C=O) groups excluding carboxylic acids is 2. The number of nitrogens with zero attached hydrogens (tertiary/aromatic N) is 1. The van der Waals surface area contributed by atoms with Crippen molar-refractivity contribution >= 4 is 22.9 Å². The molecule has 1 aromatic heterocycles. The van der Waals surface area contributed by atoms with Crippen molar-refractivity contribution < 1.29 is 14.0 Å². The maximum atomic E-state index is 12.3. The maximum absolute atomic E-state index is 12.3. The van der Waals surface area contributed by atoms with Crippen LogP contribution < -0.4 is 10.6 Å². The van der Waals surface area contributed by atoms with Crippen molar-refractivity contribution in [2.24, 2.45) is 0 Å². The average molecular weight is 343 g/mol. The van der Waals surface area contributed by atoms with Crippen molar-refractivity contribution in [1.29, 1.82) is 0 Å². The van der Waals surface area contributed by atoms with Crippen LogP contribution in [-0.4, -0.2) is 36.0 Å². The molecule has 1 aromatic carbocycles. The molecular formula is C19H25N3O3. The third-order valence-electron chi connectivity index (χ3n) is 4.90. The van der Waals surface area contributed by atoms with Gasteiger partial charge in [0.25, 0.3) is 0 Å². The SMILES string of the molecule is CC(=O)N1CCC(NC(=O)N[C@@H](C)c2oc3ccccc3c2C)CC1. The first-order chi connectivity index (χ1) is 12.0. The summed E-state index contributed by atoms with van der Waals surface area (Å²) in [5.74, 6) is 0.875. The van der Waals surface area contributed by atoms with E-state index in [1.165, 1.54) is 0 Å². The summed E-state index contributed by atoms with van der Waals surface area (Å²) in [6, 6.07) is 7.55. The third-order valence-corrected chi connectivity index (χ3v) is 4.90. The summed E-state index contributed by atoms with van der Waals surface area (Å²) in [6.45, 7) is 6.90. The standard InChI is InChI=1S/C19H25N3O3/c1-12-16-6-4-5-7-17(16)25-18(12)13(2)20-19(24)21-15-8-10-22(11-9-15)14(3)23/h4-7,13,15H,8-11H2,1-3H3,(H2,20,21,24)/t13-/m0/s1. The van der Waals surface area contributed by atoms with Gasteiger partial charge in [-0.2, -0.15) is 0 Å². The van der Waals surface area contributed by atoms with Crippen molar-refractivity contribution in [3.8, 4) is 0 Å². The van der Waals surface area contributed by atoms with E-state index in [4.69, 9.17) is 4.42 Å². The Kier molecular flexibility index (Phi) is 4.97. The van der Waals surface area contributed by atoms with Crippen LogP contribution in [0.1, 0.15) is 44.1 Å². The van der Waals surface area contributed by atoms with Gasteiger partial charge in [-0.05, 0) is 32.8 Å². The Bertz CT molecular complexity index is 775. The molecule has 3 amide bonds. The highest BCUT2D eigenvalue weighted by Crippen LogP contribution is 2.29. The fourth-order valence-corrected chi connectivity index (χ4v) is 3.43. The zero-order chi connectivity index (χ0) is 18.0. The highest BCUT2D eigenvalue weighted by molar-refractivity contribution is 5.82. The zero-order valence-electron chi connectivity index (χ0n) is 15.0. The second-order valence-corrected chi connectivity index (χ2v) is 6.71. The average Bonchev–Trinajstić information content (AvgIpc) is 2.92. The normalized spacial score (nSPS) is 16.7. The van der Waals surface area contributed by atoms with Crippen LogP contribution >= 0.6 is 0 Å².